The Morgan fingerprint density at radius 3 is 2.04 bits per heavy atom. The fraction of sp³-hybridized carbons (Fsp3) is 0.471. The number of amides is 2. The highest BCUT2D eigenvalue weighted by atomic mass is 32.2. The van der Waals surface area contributed by atoms with E-state index in [0.717, 1.165) is 4.90 Å². The molecule has 2 amide bonds. The number of nitrogens with zero attached hydrogens (tertiary/aromatic N) is 3. The Labute approximate surface area is 158 Å². The number of carboxylic acids is 1. The molecule has 148 valence electrons. The summed E-state index contributed by atoms with van der Waals surface area (Å²) in [5, 5.41) is 8.99. The minimum Gasteiger partial charge on any atom is -0.480 e. The number of carbonyl (C=O) groups is 3. The molecule has 0 radical (unpaired) electrons. The van der Waals surface area contributed by atoms with Crippen LogP contribution in [-0.4, -0.2) is 84.7 Å². The molecule has 0 saturated carbocycles. The highest BCUT2D eigenvalue weighted by Crippen LogP contribution is 2.19. The standard InChI is InChI=1S/C17H23N3O6S/c1-12(17(23)24)18(3)16(22)14-4-6-15(7-5-14)27(25,26)20-10-8-19(9-11-20)13(2)21/h4-7,12H,8-11H2,1-3H3,(H,23,24). The molecule has 1 unspecified atom stereocenters. The Hall–Kier alpha value is -2.46. The van der Waals surface area contributed by atoms with E-state index < -0.39 is 27.9 Å². The molecule has 1 heterocycles. The predicted molar refractivity (Wildman–Crippen MR) is 96.6 cm³/mol. The van der Waals surface area contributed by atoms with E-state index in [2.05, 4.69) is 0 Å². The van der Waals surface area contributed by atoms with Gasteiger partial charge in [-0.1, -0.05) is 0 Å². The molecule has 2 rings (SSSR count). The zero-order chi connectivity index (χ0) is 20.4. The lowest BCUT2D eigenvalue weighted by Gasteiger charge is -2.33. The molecule has 10 heteroatoms. The molecular formula is C17H23N3O6S. The molecule has 1 N–H and O–H groups in total. The van der Waals surface area contributed by atoms with Gasteiger partial charge in [0, 0.05) is 45.7 Å². The quantitative estimate of drug-likeness (QED) is 0.753. The maximum Gasteiger partial charge on any atom is 0.326 e. The minimum absolute atomic E-state index is 0.0456. The Balaban J connectivity index is 2.13. The van der Waals surface area contributed by atoms with Crippen LogP contribution in [0.4, 0.5) is 0 Å². The van der Waals surface area contributed by atoms with E-state index in [0.29, 0.717) is 13.1 Å². The molecule has 1 atom stereocenters. The number of rotatable bonds is 5. The predicted octanol–water partition coefficient (Wildman–Crippen LogP) is 0.0845. The van der Waals surface area contributed by atoms with Gasteiger partial charge in [0.25, 0.3) is 5.91 Å². The molecule has 0 aliphatic carbocycles. The molecule has 1 aromatic carbocycles. The lowest BCUT2D eigenvalue weighted by atomic mass is 10.2. The lowest BCUT2D eigenvalue weighted by Crippen LogP contribution is -2.49. The second-order valence-corrected chi connectivity index (χ2v) is 8.30. The molecule has 0 bridgehead atoms. The summed E-state index contributed by atoms with van der Waals surface area (Å²) in [5.74, 6) is -1.73. The van der Waals surface area contributed by atoms with Crippen molar-refractivity contribution < 1.29 is 27.9 Å². The van der Waals surface area contributed by atoms with Crippen molar-refractivity contribution in [2.45, 2.75) is 24.8 Å². The molecular weight excluding hydrogens is 374 g/mol. The van der Waals surface area contributed by atoms with Crippen molar-refractivity contribution in [3.8, 4) is 0 Å². The summed E-state index contributed by atoms with van der Waals surface area (Å²) in [6.07, 6.45) is 0. The number of piperazine rings is 1. The number of carboxylic acid groups (broad SMARTS) is 1. The van der Waals surface area contributed by atoms with Crippen molar-refractivity contribution in [3.05, 3.63) is 29.8 Å². The lowest BCUT2D eigenvalue weighted by molar-refractivity contribution is -0.141. The third-order valence-electron chi connectivity index (χ3n) is 4.68. The number of hydrogen-bond acceptors (Lipinski definition) is 5. The van der Waals surface area contributed by atoms with Crippen molar-refractivity contribution in [2.24, 2.45) is 0 Å². The summed E-state index contributed by atoms with van der Waals surface area (Å²) in [6.45, 7) is 3.93. The van der Waals surface area contributed by atoms with Gasteiger partial charge in [-0.15, -0.1) is 0 Å². The van der Waals surface area contributed by atoms with E-state index in [1.165, 1.54) is 49.5 Å². The van der Waals surface area contributed by atoms with Crippen molar-refractivity contribution in [3.63, 3.8) is 0 Å². The van der Waals surface area contributed by atoms with Gasteiger partial charge >= 0.3 is 5.97 Å². The van der Waals surface area contributed by atoms with Crippen molar-refractivity contribution >= 4 is 27.8 Å². The van der Waals surface area contributed by atoms with Crippen LogP contribution in [0.5, 0.6) is 0 Å². The highest BCUT2D eigenvalue weighted by molar-refractivity contribution is 7.89. The molecule has 9 nitrogen and oxygen atoms in total. The number of hydrogen-bond donors (Lipinski definition) is 1. The Kier molecular flexibility index (Phi) is 6.22. The van der Waals surface area contributed by atoms with Crippen molar-refractivity contribution in [1.29, 1.82) is 0 Å². The molecule has 0 aromatic heterocycles. The number of likely N-dealkylation sites (N-methyl/N-ethyl adjacent to an activating group) is 1. The number of carbonyl (C=O) groups excluding carboxylic acids is 2. The van der Waals surface area contributed by atoms with Gasteiger partial charge in [-0.3, -0.25) is 9.59 Å². The summed E-state index contributed by atoms with van der Waals surface area (Å²) in [7, 11) is -2.35. The van der Waals surface area contributed by atoms with Crippen LogP contribution in [0, 0.1) is 0 Å². The van der Waals surface area contributed by atoms with Crippen LogP contribution in [-0.2, 0) is 19.6 Å². The average molecular weight is 397 g/mol. The minimum atomic E-state index is -3.73. The molecule has 1 aliphatic heterocycles. The first-order valence-corrected chi connectivity index (χ1v) is 9.85. The zero-order valence-corrected chi connectivity index (χ0v) is 16.3. The normalized spacial score (nSPS) is 16.6. The average Bonchev–Trinajstić information content (AvgIpc) is 2.66. The summed E-state index contributed by atoms with van der Waals surface area (Å²) < 4.78 is 26.8. The highest BCUT2D eigenvalue weighted by Gasteiger charge is 2.29. The van der Waals surface area contributed by atoms with Gasteiger partial charge in [0.2, 0.25) is 15.9 Å². The number of benzene rings is 1. The summed E-state index contributed by atoms with van der Waals surface area (Å²) in [6, 6.07) is 4.40. The van der Waals surface area contributed by atoms with Crippen molar-refractivity contribution in [1.82, 2.24) is 14.1 Å². The van der Waals surface area contributed by atoms with E-state index in [1.54, 1.807) is 4.90 Å². The summed E-state index contributed by atoms with van der Waals surface area (Å²) in [4.78, 5) is 37.4. The molecule has 0 spiro atoms. The van der Waals surface area contributed by atoms with Crippen LogP contribution in [0.1, 0.15) is 24.2 Å². The Morgan fingerprint density at radius 2 is 1.59 bits per heavy atom. The third kappa shape index (κ3) is 4.45. The van der Waals surface area contributed by atoms with Gasteiger partial charge in [-0.05, 0) is 31.2 Å². The van der Waals surface area contributed by atoms with E-state index >= 15 is 0 Å². The first-order chi connectivity index (χ1) is 12.6. The molecule has 1 aliphatic rings. The van der Waals surface area contributed by atoms with Gasteiger partial charge in [0.05, 0.1) is 4.90 Å². The number of aliphatic carboxylic acids is 1. The van der Waals surface area contributed by atoms with Crippen LogP contribution in [0.25, 0.3) is 0 Å². The fourth-order valence-corrected chi connectivity index (χ4v) is 4.13. The van der Waals surface area contributed by atoms with E-state index in [1.807, 2.05) is 0 Å². The molecule has 1 saturated heterocycles. The largest absolute Gasteiger partial charge is 0.480 e. The smallest absolute Gasteiger partial charge is 0.326 e. The van der Waals surface area contributed by atoms with E-state index in [-0.39, 0.29) is 29.5 Å². The second-order valence-electron chi connectivity index (χ2n) is 6.36. The SMILES string of the molecule is CC(=O)N1CCN(S(=O)(=O)c2ccc(C(=O)N(C)C(C)C(=O)O)cc2)CC1. The summed E-state index contributed by atoms with van der Waals surface area (Å²) >= 11 is 0. The molecule has 1 aromatic rings. The van der Waals surface area contributed by atoms with Gasteiger partial charge < -0.3 is 14.9 Å². The van der Waals surface area contributed by atoms with Crippen LogP contribution < -0.4 is 0 Å². The summed E-state index contributed by atoms with van der Waals surface area (Å²) in [5.41, 5.74) is 0.200. The van der Waals surface area contributed by atoms with Crippen molar-refractivity contribution in [2.75, 3.05) is 33.2 Å². The maximum atomic E-state index is 12.7. The molecule has 1 fully saturated rings. The van der Waals surface area contributed by atoms with Crippen LogP contribution in [0.3, 0.4) is 0 Å². The van der Waals surface area contributed by atoms with Gasteiger partial charge in [0.1, 0.15) is 6.04 Å². The fourth-order valence-electron chi connectivity index (χ4n) is 2.71. The van der Waals surface area contributed by atoms with Gasteiger partial charge in [0.15, 0.2) is 0 Å². The first kappa shape index (κ1) is 20.8. The first-order valence-electron chi connectivity index (χ1n) is 8.41. The Bertz CT molecular complexity index is 829. The van der Waals surface area contributed by atoms with Crippen LogP contribution >= 0.6 is 0 Å². The third-order valence-corrected chi connectivity index (χ3v) is 6.59. The van der Waals surface area contributed by atoms with Crippen LogP contribution in [0.2, 0.25) is 0 Å². The number of sulfonamides is 1. The van der Waals surface area contributed by atoms with Crippen LogP contribution in [0.15, 0.2) is 29.2 Å². The van der Waals surface area contributed by atoms with Gasteiger partial charge in [-0.2, -0.15) is 4.31 Å². The van der Waals surface area contributed by atoms with E-state index in [4.69, 9.17) is 5.11 Å². The topological polar surface area (TPSA) is 115 Å². The van der Waals surface area contributed by atoms with E-state index in [9.17, 15) is 22.8 Å². The zero-order valence-electron chi connectivity index (χ0n) is 15.5. The monoisotopic (exact) mass is 397 g/mol. The van der Waals surface area contributed by atoms with Gasteiger partial charge in [-0.25, -0.2) is 13.2 Å². The molecule has 27 heavy (non-hydrogen) atoms. The second kappa shape index (κ2) is 8.05. The maximum absolute atomic E-state index is 12.7. The Morgan fingerprint density at radius 1 is 1.07 bits per heavy atom.